The van der Waals surface area contributed by atoms with Gasteiger partial charge in [-0.25, -0.2) is 4.79 Å². The first-order chi connectivity index (χ1) is 8.47. The normalized spacial score (nSPS) is 15.8. The number of carbonyl (C=O) groups excluding carboxylic acids is 1. The van der Waals surface area contributed by atoms with E-state index >= 15 is 0 Å². The van der Waals surface area contributed by atoms with E-state index in [2.05, 4.69) is 11.4 Å². The number of carbonyl (C=O) groups is 1. The highest BCUT2D eigenvalue weighted by Crippen LogP contribution is 2.29. The minimum Gasteiger partial charge on any atom is -0.325 e. The van der Waals surface area contributed by atoms with Crippen molar-refractivity contribution in [3.05, 3.63) is 29.8 Å². The van der Waals surface area contributed by atoms with Crippen molar-refractivity contribution in [1.82, 2.24) is 4.90 Å². The maximum absolute atomic E-state index is 12.3. The molecule has 97 valence electrons. The number of amides is 2. The van der Waals surface area contributed by atoms with Gasteiger partial charge in [-0.3, -0.25) is 0 Å². The molecule has 1 aliphatic heterocycles. The third-order valence-electron chi connectivity index (χ3n) is 2.77. The number of nitrogens with zero attached hydrogens (tertiary/aromatic N) is 1. The number of halogens is 3. The van der Waals surface area contributed by atoms with Crippen molar-refractivity contribution in [2.45, 2.75) is 19.0 Å². The Balaban J connectivity index is 2.00. The number of anilines is 1. The molecule has 1 fully saturated rings. The topological polar surface area (TPSA) is 32.3 Å². The van der Waals surface area contributed by atoms with E-state index < -0.39 is 11.7 Å². The fourth-order valence-corrected chi connectivity index (χ4v) is 1.79. The molecule has 0 saturated carbocycles. The maximum Gasteiger partial charge on any atom is 0.416 e. The van der Waals surface area contributed by atoms with E-state index in [1.165, 1.54) is 6.07 Å². The Bertz CT molecular complexity index is 422. The van der Waals surface area contributed by atoms with Crippen molar-refractivity contribution in [3.8, 4) is 0 Å². The lowest BCUT2D eigenvalue weighted by Crippen LogP contribution is -2.32. The van der Waals surface area contributed by atoms with E-state index in [0.717, 1.165) is 25.0 Å². The lowest BCUT2D eigenvalue weighted by Gasteiger charge is -2.16. The molecule has 2 amide bonds. The smallest absolute Gasteiger partial charge is 0.325 e. The molecule has 1 aromatic rings. The molecule has 1 saturated heterocycles. The van der Waals surface area contributed by atoms with Crippen LogP contribution < -0.4 is 5.32 Å². The Morgan fingerprint density at radius 1 is 1.28 bits per heavy atom. The van der Waals surface area contributed by atoms with Crippen LogP contribution in [0.4, 0.5) is 23.7 Å². The van der Waals surface area contributed by atoms with Gasteiger partial charge in [-0.1, -0.05) is 0 Å². The predicted octanol–water partition coefficient (Wildman–Crippen LogP) is 3.13. The lowest BCUT2D eigenvalue weighted by molar-refractivity contribution is -0.137. The summed E-state index contributed by atoms with van der Waals surface area (Å²) in [5.41, 5.74) is -0.526. The molecule has 1 aliphatic rings. The predicted molar refractivity (Wildman–Crippen MR) is 60.1 cm³/mol. The van der Waals surface area contributed by atoms with Gasteiger partial charge in [0.15, 0.2) is 0 Å². The molecule has 1 heterocycles. The van der Waals surface area contributed by atoms with Gasteiger partial charge < -0.3 is 10.2 Å². The van der Waals surface area contributed by atoms with E-state index in [1.807, 2.05) is 0 Å². The van der Waals surface area contributed by atoms with Crippen molar-refractivity contribution in [2.75, 3.05) is 18.4 Å². The summed E-state index contributed by atoms with van der Waals surface area (Å²) in [6, 6.07) is 5.10. The first-order valence-corrected chi connectivity index (χ1v) is 5.62. The summed E-state index contributed by atoms with van der Waals surface area (Å²) in [7, 11) is 0. The van der Waals surface area contributed by atoms with Crippen LogP contribution in [0.15, 0.2) is 18.2 Å². The standard InChI is InChI=1S/C12H12F3N2O/c13-12(14,15)9-3-5-10(6-4-9)16-11(18)17-7-1-2-8-17/h3-5H,1-2,7-8H2,(H,16,18). The lowest BCUT2D eigenvalue weighted by atomic mass is 10.2. The number of hydrogen-bond donors (Lipinski definition) is 1. The first-order valence-electron chi connectivity index (χ1n) is 5.62. The van der Waals surface area contributed by atoms with Crippen LogP contribution in [0, 0.1) is 6.07 Å². The molecule has 1 aromatic carbocycles. The molecule has 3 nitrogen and oxygen atoms in total. The van der Waals surface area contributed by atoms with Gasteiger partial charge in [-0.05, 0) is 31.0 Å². The van der Waals surface area contributed by atoms with Gasteiger partial charge in [0.1, 0.15) is 0 Å². The van der Waals surface area contributed by atoms with E-state index in [4.69, 9.17) is 0 Å². The van der Waals surface area contributed by atoms with Crippen molar-refractivity contribution in [2.24, 2.45) is 0 Å². The number of alkyl halides is 3. The molecule has 0 aliphatic carbocycles. The van der Waals surface area contributed by atoms with E-state index in [1.54, 1.807) is 4.90 Å². The Morgan fingerprint density at radius 3 is 2.44 bits per heavy atom. The van der Waals surface area contributed by atoms with Crippen LogP contribution in [0.1, 0.15) is 18.4 Å². The van der Waals surface area contributed by atoms with E-state index in [9.17, 15) is 18.0 Å². The molecule has 18 heavy (non-hydrogen) atoms. The average Bonchev–Trinajstić information content (AvgIpc) is 2.82. The zero-order valence-corrected chi connectivity index (χ0v) is 9.55. The maximum atomic E-state index is 12.3. The number of likely N-dealkylation sites (tertiary alicyclic amines) is 1. The first kappa shape index (κ1) is 12.7. The highest BCUT2D eigenvalue weighted by Gasteiger charge is 2.30. The van der Waals surface area contributed by atoms with E-state index in [0.29, 0.717) is 13.1 Å². The average molecular weight is 257 g/mol. The monoisotopic (exact) mass is 257 g/mol. The summed E-state index contributed by atoms with van der Waals surface area (Å²) in [5.74, 6) is 0. The summed E-state index contributed by atoms with van der Waals surface area (Å²) in [4.78, 5) is 13.3. The molecular weight excluding hydrogens is 245 g/mol. The van der Waals surface area contributed by atoms with Gasteiger partial charge in [-0.2, -0.15) is 13.2 Å². The molecule has 0 bridgehead atoms. The van der Waals surface area contributed by atoms with Gasteiger partial charge in [0, 0.05) is 19.2 Å². The van der Waals surface area contributed by atoms with Gasteiger partial charge in [0.2, 0.25) is 0 Å². The third-order valence-corrected chi connectivity index (χ3v) is 2.77. The summed E-state index contributed by atoms with van der Waals surface area (Å²) in [6.45, 7) is 1.37. The number of rotatable bonds is 1. The molecule has 6 heteroatoms. The van der Waals surface area contributed by atoms with Crippen molar-refractivity contribution >= 4 is 11.7 Å². The molecular formula is C12H12F3N2O. The Kier molecular flexibility index (Phi) is 3.45. The SMILES string of the molecule is O=C(Nc1[c]cc(C(F)(F)F)cc1)N1CCCC1. The number of hydrogen-bond acceptors (Lipinski definition) is 1. The fraction of sp³-hybridized carbons (Fsp3) is 0.417. The summed E-state index contributed by atoms with van der Waals surface area (Å²) in [5, 5.41) is 2.53. The minimum absolute atomic E-state index is 0.250. The van der Waals surface area contributed by atoms with Crippen LogP contribution in [-0.2, 0) is 6.18 Å². The van der Waals surface area contributed by atoms with Crippen LogP contribution in [0.25, 0.3) is 0 Å². The number of urea groups is 1. The van der Waals surface area contributed by atoms with Crippen LogP contribution in [0.3, 0.4) is 0 Å². The van der Waals surface area contributed by atoms with Crippen LogP contribution in [-0.4, -0.2) is 24.0 Å². The molecule has 0 atom stereocenters. The zero-order valence-electron chi connectivity index (χ0n) is 9.55. The quantitative estimate of drug-likeness (QED) is 0.823. The van der Waals surface area contributed by atoms with Gasteiger partial charge >= 0.3 is 12.2 Å². The number of nitrogens with one attached hydrogen (secondary N) is 1. The largest absolute Gasteiger partial charge is 0.416 e. The third kappa shape index (κ3) is 2.94. The Hall–Kier alpha value is -1.72. The molecule has 1 N–H and O–H groups in total. The molecule has 2 rings (SSSR count). The van der Waals surface area contributed by atoms with Crippen molar-refractivity contribution in [3.63, 3.8) is 0 Å². The van der Waals surface area contributed by atoms with Crippen molar-refractivity contribution in [1.29, 1.82) is 0 Å². The molecule has 0 aromatic heterocycles. The zero-order chi connectivity index (χ0) is 13.2. The fourth-order valence-electron chi connectivity index (χ4n) is 1.79. The highest BCUT2D eigenvalue weighted by atomic mass is 19.4. The summed E-state index contributed by atoms with van der Waals surface area (Å²) < 4.78 is 36.9. The molecule has 0 unspecified atom stereocenters. The Morgan fingerprint density at radius 2 is 1.94 bits per heavy atom. The van der Waals surface area contributed by atoms with Crippen molar-refractivity contribution < 1.29 is 18.0 Å². The number of benzene rings is 1. The molecule has 1 radical (unpaired) electrons. The van der Waals surface area contributed by atoms with Gasteiger partial charge in [0.05, 0.1) is 11.3 Å². The van der Waals surface area contributed by atoms with Crippen LogP contribution >= 0.6 is 0 Å². The second kappa shape index (κ2) is 4.88. The minimum atomic E-state index is -4.38. The second-order valence-electron chi connectivity index (χ2n) is 4.11. The second-order valence-corrected chi connectivity index (χ2v) is 4.11. The van der Waals surface area contributed by atoms with Crippen LogP contribution in [0.5, 0.6) is 0 Å². The van der Waals surface area contributed by atoms with Gasteiger partial charge in [0.25, 0.3) is 0 Å². The van der Waals surface area contributed by atoms with E-state index in [-0.39, 0.29) is 11.7 Å². The Labute approximate surface area is 103 Å². The van der Waals surface area contributed by atoms with Gasteiger partial charge in [-0.15, -0.1) is 0 Å². The van der Waals surface area contributed by atoms with Crippen LogP contribution in [0.2, 0.25) is 0 Å². The summed E-state index contributed by atoms with van der Waals surface area (Å²) >= 11 is 0. The molecule has 0 spiro atoms. The summed E-state index contributed by atoms with van der Waals surface area (Å²) in [6.07, 6.45) is -2.46. The highest BCUT2D eigenvalue weighted by molar-refractivity contribution is 5.89.